The number of hydrogen-bond donors (Lipinski definition) is 2. The first-order chi connectivity index (χ1) is 13.6. The van der Waals surface area contributed by atoms with E-state index in [2.05, 4.69) is 16.7 Å². The van der Waals surface area contributed by atoms with Crippen LogP contribution in [-0.2, 0) is 6.42 Å². The number of hydrogen-bond acceptors (Lipinski definition) is 4. The van der Waals surface area contributed by atoms with Crippen molar-refractivity contribution in [3.63, 3.8) is 0 Å². The van der Waals surface area contributed by atoms with Crippen LogP contribution in [0.2, 0.25) is 5.02 Å². The van der Waals surface area contributed by atoms with Gasteiger partial charge in [-0.25, -0.2) is 0 Å². The highest BCUT2D eigenvalue weighted by atomic mass is 35.5. The second kappa shape index (κ2) is 7.63. The quantitative estimate of drug-likeness (QED) is 0.647. The van der Waals surface area contributed by atoms with Crippen LogP contribution < -0.4 is 15.4 Å². The SMILES string of the molecule is N#Cc1ccc(OCCc2ccc3c(c2)NC(=O)c2ccc(Cl)cc2N3)cc1. The summed E-state index contributed by atoms with van der Waals surface area (Å²) in [6.07, 6.45) is 0.682. The fourth-order valence-electron chi connectivity index (χ4n) is 3.02. The lowest BCUT2D eigenvalue weighted by Crippen LogP contribution is -2.11. The smallest absolute Gasteiger partial charge is 0.257 e. The maximum absolute atomic E-state index is 12.5. The topological polar surface area (TPSA) is 74.1 Å². The molecule has 0 bridgehead atoms. The third-order valence-corrected chi connectivity index (χ3v) is 4.71. The lowest BCUT2D eigenvalue weighted by molar-refractivity contribution is 0.102. The Labute approximate surface area is 167 Å². The van der Waals surface area contributed by atoms with Crippen LogP contribution in [0, 0.1) is 11.3 Å². The zero-order valence-electron chi connectivity index (χ0n) is 14.8. The first kappa shape index (κ1) is 17.9. The van der Waals surface area contributed by atoms with E-state index >= 15 is 0 Å². The third-order valence-electron chi connectivity index (χ3n) is 4.47. The average Bonchev–Trinajstić information content (AvgIpc) is 2.83. The second-order valence-electron chi connectivity index (χ2n) is 6.38. The minimum atomic E-state index is -0.177. The third kappa shape index (κ3) is 3.78. The first-order valence-corrected chi connectivity index (χ1v) is 9.14. The number of amides is 1. The number of anilines is 3. The predicted molar refractivity (Wildman–Crippen MR) is 109 cm³/mol. The van der Waals surface area contributed by atoms with Gasteiger partial charge < -0.3 is 15.4 Å². The molecule has 0 unspecified atom stereocenters. The van der Waals surface area contributed by atoms with Gasteiger partial charge in [0.1, 0.15) is 5.75 Å². The minimum absolute atomic E-state index is 0.177. The number of nitrogens with zero attached hydrogens (tertiary/aromatic N) is 1. The van der Waals surface area contributed by atoms with Crippen LogP contribution in [-0.4, -0.2) is 12.5 Å². The molecule has 3 aromatic carbocycles. The highest BCUT2D eigenvalue weighted by Crippen LogP contribution is 2.34. The highest BCUT2D eigenvalue weighted by Gasteiger charge is 2.19. The van der Waals surface area contributed by atoms with Gasteiger partial charge >= 0.3 is 0 Å². The molecule has 0 saturated heterocycles. The largest absolute Gasteiger partial charge is 0.493 e. The van der Waals surface area contributed by atoms with Gasteiger partial charge in [-0.3, -0.25) is 4.79 Å². The summed E-state index contributed by atoms with van der Waals surface area (Å²) in [5.74, 6) is 0.542. The number of rotatable bonds is 4. The Morgan fingerprint density at radius 2 is 1.75 bits per heavy atom. The van der Waals surface area contributed by atoms with Crippen LogP contribution in [0.15, 0.2) is 60.7 Å². The number of fused-ring (bicyclic) bond motifs is 2. The van der Waals surface area contributed by atoms with Crippen LogP contribution >= 0.6 is 11.6 Å². The van der Waals surface area contributed by atoms with Gasteiger partial charge in [0.2, 0.25) is 0 Å². The molecule has 1 heterocycles. The van der Waals surface area contributed by atoms with E-state index in [9.17, 15) is 4.79 Å². The van der Waals surface area contributed by atoms with E-state index in [4.69, 9.17) is 21.6 Å². The Morgan fingerprint density at radius 3 is 2.54 bits per heavy atom. The van der Waals surface area contributed by atoms with Gasteiger partial charge in [0.25, 0.3) is 5.91 Å². The van der Waals surface area contributed by atoms with E-state index in [1.165, 1.54) is 0 Å². The molecule has 0 fully saturated rings. The van der Waals surface area contributed by atoms with Crippen LogP contribution in [0.1, 0.15) is 21.5 Å². The predicted octanol–water partition coefficient (Wildman–Crippen LogP) is 5.14. The van der Waals surface area contributed by atoms with E-state index in [-0.39, 0.29) is 5.91 Å². The number of nitrogens with one attached hydrogen (secondary N) is 2. The molecule has 5 nitrogen and oxygen atoms in total. The van der Waals surface area contributed by atoms with Crippen LogP contribution in [0.4, 0.5) is 17.1 Å². The molecule has 3 aromatic rings. The Bertz CT molecular complexity index is 1090. The number of benzene rings is 3. The van der Waals surface area contributed by atoms with E-state index in [0.29, 0.717) is 40.6 Å². The molecule has 0 radical (unpaired) electrons. The first-order valence-electron chi connectivity index (χ1n) is 8.76. The minimum Gasteiger partial charge on any atom is -0.493 e. The van der Waals surface area contributed by atoms with Gasteiger partial charge in [0.05, 0.1) is 40.9 Å². The molecule has 2 N–H and O–H groups in total. The van der Waals surface area contributed by atoms with E-state index in [1.807, 2.05) is 18.2 Å². The molecule has 138 valence electrons. The summed E-state index contributed by atoms with van der Waals surface area (Å²) in [5, 5.41) is 15.6. The molecule has 6 heteroatoms. The van der Waals surface area contributed by atoms with Crippen LogP contribution in [0.25, 0.3) is 0 Å². The van der Waals surface area contributed by atoms with Crippen molar-refractivity contribution in [2.45, 2.75) is 6.42 Å². The van der Waals surface area contributed by atoms with Gasteiger partial charge in [-0.05, 0) is 60.2 Å². The summed E-state index contributed by atoms with van der Waals surface area (Å²) in [6.45, 7) is 0.488. The van der Waals surface area contributed by atoms with E-state index in [1.54, 1.807) is 42.5 Å². The zero-order chi connectivity index (χ0) is 19.5. The Morgan fingerprint density at radius 1 is 0.929 bits per heavy atom. The molecule has 0 aliphatic carbocycles. The van der Waals surface area contributed by atoms with Gasteiger partial charge in [-0.2, -0.15) is 5.26 Å². The second-order valence-corrected chi connectivity index (χ2v) is 6.82. The van der Waals surface area contributed by atoms with Crippen molar-refractivity contribution in [3.8, 4) is 11.8 Å². The molecule has 1 aliphatic rings. The van der Waals surface area contributed by atoms with Crippen molar-refractivity contribution in [3.05, 3.63) is 82.4 Å². The monoisotopic (exact) mass is 389 g/mol. The molecule has 1 amide bonds. The van der Waals surface area contributed by atoms with Crippen molar-refractivity contribution in [1.29, 1.82) is 5.26 Å². The van der Waals surface area contributed by atoms with Crippen LogP contribution in [0.3, 0.4) is 0 Å². The molecular weight excluding hydrogens is 374 g/mol. The lowest BCUT2D eigenvalue weighted by Gasteiger charge is -2.11. The summed E-state index contributed by atoms with van der Waals surface area (Å²) < 4.78 is 5.74. The summed E-state index contributed by atoms with van der Waals surface area (Å²) in [5.41, 5.74) is 4.40. The number of ether oxygens (including phenoxy) is 1. The van der Waals surface area contributed by atoms with Crippen LogP contribution in [0.5, 0.6) is 5.75 Å². The summed E-state index contributed by atoms with van der Waals surface area (Å²) in [6, 6.07) is 20.1. The number of halogens is 1. The summed E-state index contributed by atoms with van der Waals surface area (Å²) in [4.78, 5) is 12.5. The number of carbonyl (C=O) groups is 1. The fourth-order valence-corrected chi connectivity index (χ4v) is 3.20. The summed E-state index contributed by atoms with van der Waals surface area (Å²) >= 11 is 6.05. The average molecular weight is 390 g/mol. The Hall–Kier alpha value is -3.49. The highest BCUT2D eigenvalue weighted by molar-refractivity contribution is 6.31. The number of nitriles is 1. The molecule has 0 saturated carbocycles. The van der Waals surface area contributed by atoms with E-state index in [0.717, 1.165) is 17.0 Å². The van der Waals surface area contributed by atoms with Crippen molar-refractivity contribution < 1.29 is 9.53 Å². The molecule has 1 aliphatic heterocycles. The normalized spacial score (nSPS) is 11.9. The maximum Gasteiger partial charge on any atom is 0.257 e. The lowest BCUT2D eigenvalue weighted by atomic mass is 10.1. The van der Waals surface area contributed by atoms with Crippen molar-refractivity contribution in [2.24, 2.45) is 0 Å². The standard InChI is InChI=1S/C22H16ClN3O2/c23-16-4-7-18-20(12-16)25-19-8-3-14(11-21(19)26-22(18)27)9-10-28-17-5-1-15(13-24)2-6-17/h1-8,11-12,25H,9-10H2,(H,26,27). The number of carbonyl (C=O) groups excluding carboxylic acids is 1. The molecule has 28 heavy (non-hydrogen) atoms. The van der Waals surface area contributed by atoms with Crippen molar-refractivity contribution >= 4 is 34.6 Å². The molecular formula is C22H16ClN3O2. The zero-order valence-corrected chi connectivity index (χ0v) is 15.6. The molecule has 0 aromatic heterocycles. The Kier molecular flexibility index (Phi) is 4.88. The van der Waals surface area contributed by atoms with Gasteiger partial charge in [0, 0.05) is 11.4 Å². The van der Waals surface area contributed by atoms with Gasteiger partial charge in [0.15, 0.2) is 0 Å². The van der Waals surface area contributed by atoms with Gasteiger partial charge in [-0.1, -0.05) is 17.7 Å². The van der Waals surface area contributed by atoms with Crippen molar-refractivity contribution in [1.82, 2.24) is 0 Å². The maximum atomic E-state index is 12.5. The molecule has 0 spiro atoms. The van der Waals surface area contributed by atoms with Gasteiger partial charge in [-0.15, -0.1) is 0 Å². The fraction of sp³-hybridized carbons (Fsp3) is 0.0909. The Balaban J connectivity index is 1.46. The van der Waals surface area contributed by atoms with Crippen molar-refractivity contribution in [2.75, 3.05) is 17.2 Å². The molecule has 0 atom stereocenters. The summed E-state index contributed by atoms with van der Waals surface area (Å²) in [7, 11) is 0. The molecule has 4 rings (SSSR count). The van der Waals surface area contributed by atoms with E-state index < -0.39 is 0 Å².